The molecule has 1 fully saturated rings. The Bertz CT molecular complexity index is 1220. The number of hydrogen-bond donors (Lipinski definition) is 1. The van der Waals surface area contributed by atoms with Crippen molar-refractivity contribution in [2.24, 2.45) is 0 Å². The molecule has 1 N–H and O–H groups in total. The molecule has 31 heavy (non-hydrogen) atoms. The van der Waals surface area contributed by atoms with Crippen LogP contribution in [0.4, 0.5) is 5.69 Å². The maximum absolute atomic E-state index is 12.9. The predicted octanol–water partition coefficient (Wildman–Crippen LogP) is 1.76. The summed E-state index contributed by atoms with van der Waals surface area (Å²) in [6, 6.07) is 8.68. The van der Waals surface area contributed by atoms with Crippen molar-refractivity contribution in [1.29, 1.82) is 0 Å². The summed E-state index contributed by atoms with van der Waals surface area (Å²) < 4.78 is 32.7. The maximum Gasteiger partial charge on any atom is 0.244 e. The van der Waals surface area contributed by atoms with Gasteiger partial charge in [0.1, 0.15) is 10.8 Å². The second-order valence-electron chi connectivity index (χ2n) is 7.72. The van der Waals surface area contributed by atoms with Crippen molar-refractivity contribution >= 4 is 21.6 Å². The van der Waals surface area contributed by atoms with E-state index in [-0.39, 0.29) is 10.8 Å². The summed E-state index contributed by atoms with van der Waals surface area (Å²) in [5, 5.41) is 2.86. The van der Waals surface area contributed by atoms with Crippen molar-refractivity contribution in [3.05, 3.63) is 60.4 Å². The topological polar surface area (TPSA) is 109 Å². The van der Waals surface area contributed by atoms with Crippen molar-refractivity contribution in [3.8, 4) is 11.3 Å². The van der Waals surface area contributed by atoms with E-state index in [0.717, 1.165) is 11.1 Å². The number of nitrogens with one attached hydrogen (secondary N) is 1. The molecule has 1 saturated heterocycles. The van der Waals surface area contributed by atoms with Gasteiger partial charge in [-0.1, -0.05) is 0 Å². The highest BCUT2D eigenvalue weighted by Crippen LogP contribution is 2.39. The van der Waals surface area contributed by atoms with Gasteiger partial charge in [0.25, 0.3) is 0 Å². The summed E-state index contributed by atoms with van der Waals surface area (Å²) in [6.45, 7) is 2.28. The molecular formula is C21H21N5O4S. The molecule has 0 saturated carbocycles. The number of rotatable bonds is 4. The summed E-state index contributed by atoms with van der Waals surface area (Å²) in [5.74, 6) is -0.229. The quantitative estimate of drug-likeness (QED) is 0.660. The van der Waals surface area contributed by atoms with Crippen LogP contribution in [0.3, 0.4) is 0 Å². The van der Waals surface area contributed by atoms with Gasteiger partial charge in [-0.05, 0) is 42.9 Å². The molecule has 1 amide bonds. The smallest absolute Gasteiger partial charge is 0.244 e. The minimum absolute atomic E-state index is 0.134. The number of sulfonamides is 1. The number of carbonyl (C=O) groups excluding carboxylic acids is 1. The molecule has 160 valence electrons. The molecule has 5 rings (SSSR count). The van der Waals surface area contributed by atoms with Crippen LogP contribution in [0.1, 0.15) is 17.2 Å². The Kier molecular flexibility index (Phi) is 4.84. The Hall–Kier alpha value is -3.08. The fourth-order valence-corrected chi connectivity index (χ4v) is 5.33. The first kappa shape index (κ1) is 19.9. The first-order valence-corrected chi connectivity index (χ1v) is 11.4. The van der Waals surface area contributed by atoms with Crippen LogP contribution in [-0.4, -0.2) is 66.7 Å². The van der Waals surface area contributed by atoms with Gasteiger partial charge >= 0.3 is 0 Å². The SMILES string of the molecule is CN1CCN(S(=O)(=O)c2ccc(C3C(=O)Nc4ccc(-c5cnco5)cc43)nc2)CC1. The highest BCUT2D eigenvalue weighted by Gasteiger charge is 2.34. The van der Waals surface area contributed by atoms with Gasteiger partial charge in [-0.25, -0.2) is 13.4 Å². The van der Waals surface area contributed by atoms with E-state index >= 15 is 0 Å². The van der Waals surface area contributed by atoms with Crippen LogP contribution in [0, 0.1) is 0 Å². The van der Waals surface area contributed by atoms with E-state index in [0.29, 0.717) is 43.3 Å². The number of fused-ring (bicyclic) bond motifs is 1. The Balaban J connectivity index is 1.44. The number of piperazine rings is 1. The van der Waals surface area contributed by atoms with E-state index in [2.05, 4.69) is 20.2 Å². The molecule has 3 aromatic rings. The fourth-order valence-electron chi connectivity index (χ4n) is 3.96. The third-order valence-corrected chi connectivity index (χ3v) is 7.64. The molecule has 2 aliphatic rings. The van der Waals surface area contributed by atoms with E-state index in [1.54, 1.807) is 12.3 Å². The largest absolute Gasteiger partial charge is 0.444 e. The summed E-state index contributed by atoms with van der Waals surface area (Å²) in [5.41, 5.74) is 2.76. The van der Waals surface area contributed by atoms with Gasteiger partial charge < -0.3 is 14.6 Å². The van der Waals surface area contributed by atoms with Crippen LogP contribution in [0.5, 0.6) is 0 Å². The lowest BCUT2D eigenvalue weighted by Gasteiger charge is -2.31. The van der Waals surface area contributed by atoms with Crippen LogP contribution in [0.2, 0.25) is 0 Å². The van der Waals surface area contributed by atoms with Crippen molar-refractivity contribution in [3.63, 3.8) is 0 Å². The monoisotopic (exact) mass is 439 g/mol. The summed E-state index contributed by atoms with van der Waals surface area (Å²) in [7, 11) is -1.64. The van der Waals surface area contributed by atoms with Crippen LogP contribution >= 0.6 is 0 Å². The Morgan fingerprint density at radius 2 is 1.90 bits per heavy atom. The number of amides is 1. The van der Waals surface area contributed by atoms with Crippen LogP contribution in [-0.2, 0) is 14.8 Å². The number of pyridine rings is 1. The minimum Gasteiger partial charge on any atom is -0.444 e. The lowest BCUT2D eigenvalue weighted by Crippen LogP contribution is -2.47. The minimum atomic E-state index is -3.61. The standard InChI is InChI=1S/C21H21N5O4S/c1-25-6-8-26(9-7-25)31(28,29)15-3-5-18(23-11-15)20-16-10-14(19-12-22-13-30-19)2-4-17(16)24-21(20)27/h2-5,10-13,20H,6-9H2,1H3,(H,24,27). The molecule has 1 atom stereocenters. The second kappa shape index (κ2) is 7.56. The van der Waals surface area contributed by atoms with Gasteiger partial charge in [0.05, 0.1) is 11.9 Å². The van der Waals surface area contributed by atoms with Gasteiger partial charge in [-0.2, -0.15) is 4.31 Å². The highest BCUT2D eigenvalue weighted by atomic mass is 32.2. The molecule has 0 bridgehead atoms. The highest BCUT2D eigenvalue weighted by molar-refractivity contribution is 7.89. The van der Waals surface area contributed by atoms with Crippen molar-refractivity contribution in [2.45, 2.75) is 10.8 Å². The van der Waals surface area contributed by atoms with Gasteiger partial charge in [-0.3, -0.25) is 9.78 Å². The number of anilines is 1. The van der Waals surface area contributed by atoms with Crippen molar-refractivity contribution in [2.75, 3.05) is 38.5 Å². The Morgan fingerprint density at radius 3 is 2.58 bits per heavy atom. The predicted molar refractivity (Wildman–Crippen MR) is 113 cm³/mol. The first-order chi connectivity index (χ1) is 14.9. The van der Waals surface area contributed by atoms with Crippen LogP contribution in [0.25, 0.3) is 11.3 Å². The molecule has 0 radical (unpaired) electrons. The number of oxazole rings is 1. The molecule has 2 aromatic heterocycles. The van der Waals surface area contributed by atoms with Gasteiger partial charge in [-0.15, -0.1) is 0 Å². The number of likely N-dealkylation sites (N-methyl/N-ethyl adjacent to an activating group) is 1. The molecule has 0 aliphatic carbocycles. The van der Waals surface area contributed by atoms with Crippen LogP contribution < -0.4 is 5.32 Å². The summed E-state index contributed by atoms with van der Waals surface area (Å²) >= 11 is 0. The molecular weight excluding hydrogens is 418 g/mol. The van der Waals surface area contributed by atoms with Crippen molar-refractivity contribution < 1.29 is 17.6 Å². The van der Waals surface area contributed by atoms with E-state index in [1.165, 1.54) is 23.0 Å². The van der Waals surface area contributed by atoms with E-state index < -0.39 is 15.9 Å². The number of aromatic nitrogens is 2. The van der Waals surface area contributed by atoms with E-state index in [9.17, 15) is 13.2 Å². The van der Waals surface area contributed by atoms with Crippen LogP contribution in [0.15, 0.2) is 58.4 Å². The number of nitrogens with zero attached hydrogens (tertiary/aromatic N) is 4. The van der Waals surface area contributed by atoms with Crippen molar-refractivity contribution in [1.82, 2.24) is 19.2 Å². The zero-order valence-corrected chi connectivity index (χ0v) is 17.7. The lowest BCUT2D eigenvalue weighted by molar-refractivity contribution is -0.116. The number of carbonyl (C=O) groups is 1. The average Bonchev–Trinajstić information content (AvgIpc) is 3.41. The zero-order chi connectivity index (χ0) is 21.6. The van der Waals surface area contributed by atoms with E-state index in [4.69, 9.17) is 4.42 Å². The zero-order valence-electron chi connectivity index (χ0n) is 16.9. The normalized spacial score (nSPS) is 19.9. The maximum atomic E-state index is 12.9. The van der Waals surface area contributed by atoms with Gasteiger partial charge in [0.2, 0.25) is 15.9 Å². The third kappa shape index (κ3) is 3.52. The molecule has 4 heterocycles. The molecule has 2 aliphatic heterocycles. The average molecular weight is 439 g/mol. The number of benzene rings is 1. The molecule has 10 heteroatoms. The molecule has 9 nitrogen and oxygen atoms in total. The molecule has 0 spiro atoms. The Labute approximate surface area is 179 Å². The first-order valence-electron chi connectivity index (χ1n) is 9.92. The van der Waals surface area contributed by atoms with E-state index in [1.807, 2.05) is 25.2 Å². The summed E-state index contributed by atoms with van der Waals surface area (Å²) in [6.07, 6.45) is 4.30. The molecule has 1 unspecified atom stereocenters. The summed E-state index contributed by atoms with van der Waals surface area (Å²) in [4.78, 5) is 23.2. The van der Waals surface area contributed by atoms with Gasteiger partial charge in [0.15, 0.2) is 12.2 Å². The second-order valence-corrected chi connectivity index (χ2v) is 9.65. The van der Waals surface area contributed by atoms with Gasteiger partial charge in [0, 0.05) is 43.6 Å². The fraction of sp³-hybridized carbons (Fsp3) is 0.286. The third-order valence-electron chi connectivity index (χ3n) is 5.75. The number of hydrogen-bond acceptors (Lipinski definition) is 7. The lowest BCUT2D eigenvalue weighted by atomic mass is 9.95. The Morgan fingerprint density at radius 1 is 1.10 bits per heavy atom. The molecule has 1 aromatic carbocycles.